The highest BCUT2D eigenvalue weighted by Crippen LogP contribution is 2.25. The first-order valence-corrected chi connectivity index (χ1v) is 7.95. The lowest BCUT2D eigenvalue weighted by Gasteiger charge is -2.23. The Labute approximate surface area is 155 Å². The number of nitrogens with zero attached hydrogens (tertiary/aromatic N) is 1. The van der Waals surface area contributed by atoms with Crippen molar-refractivity contribution < 1.29 is 14.3 Å². The molecule has 0 fully saturated rings. The summed E-state index contributed by atoms with van der Waals surface area (Å²) < 4.78 is 10.5. The number of nitrogens with two attached hydrogens (primary N) is 1. The second kappa shape index (κ2) is 10.6. The van der Waals surface area contributed by atoms with Crippen molar-refractivity contribution in [3.8, 4) is 11.5 Å². The van der Waals surface area contributed by atoms with Crippen molar-refractivity contribution in [1.82, 2.24) is 4.90 Å². The fourth-order valence-corrected chi connectivity index (χ4v) is 2.53. The molecule has 0 atom stereocenters. The van der Waals surface area contributed by atoms with Crippen LogP contribution in [0, 0.1) is 0 Å². The number of ether oxygens (including phenoxy) is 2. The van der Waals surface area contributed by atoms with Crippen LogP contribution in [0.15, 0.2) is 48.5 Å². The molecule has 0 aliphatic heterocycles. The van der Waals surface area contributed by atoms with Gasteiger partial charge in [-0.25, -0.2) is 0 Å². The summed E-state index contributed by atoms with van der Waals surface area (Å²) in [6.07, 6.45) is 0.777. The number of hydrogen-bond acceptors (Lipinski definition) is 4. The van der Waals surface area contributed by atoms with E-state index in [9.17, 15) is 4.79 Å². The van der Waals surface area contributed by atoms with Gasteiger partial charge in [0.15, 0.2) is 0 Å². The summed E-state index contributed by atoms with van der Waals surface area (Å²) in [5.74, 6) is 1.05. The van der Waals surface area contributed by atoms with Crippen LogP contribution in [0.4, 0.5) is 0 Å². The van der Waals surface area contributed by atoms with Crippen molar-refractivity contribution in [3.63, 3.8) is 0 Å². The molecular formula is C19H25ClN2O3. The van der Waals surface area contributed by atoms with Crippen LogP contribution in [-0.4, -0.2) is 44.7 Å². The van der Waals surface area contributed by atoms with Gasteiger partial charge in [0, 0.05) is 19.6 Å². The lowest BCUT2D eigenvalue weighted by molar-refractivity contribution is 0.0758. The van der Waals surface area contributed by atoms with E-state index >= 15 is 0 Å². The first kappa shape index (κ1) is 20.8. The number of benzene rings is 2. The second-order valence-corrected chi connectivity index (χ2v) is 5.38. The van der Waals surface area contributed by atoms with Crippen molar-refractivity contribution in [2.75, 3.05) is 33.9 Å². The van der Waals surface area contributed by atoms with Crippen LogP contribution in [0.5, 0.6) is 11.5 Å². The minimum Gasteiger partial charge on any atom is -0.497 e. The molecule has 0 aromatic heterocycles. The van der Waals surface area contributed by atoms with E-state index in [2.05, 4.69) is 12.1 Å². The third-order valence-electron chi connectivity index (χ3n) is 3.84. The van der Waals surface area contributed by atoms with E-state index < -0.39 is 0 Å². The molecule has 0 saturated heterocycles. The summed E-state index contributed by atoms with van der Waals surface area (Å²) in [7, 11) is 3.12. The molecule has 0 radical (unpaired) electrons. The van der Waals surface area contributed by atoms with Crippen LogP contribution < -0.4 is 15.2 Å². The van der Waals surface area contributed by atoms with E-state index in [4.69, 9.17) is 15.2 Å². The van der Waals surface area contributed by atoms with Gasteiger partial charge in [-0.15, -0.1) is 12.4 Å². The Morgan fingerprint density at radius 3 is 2.36 bits per heavy atom. The van der Waals surface area contributed by atoms with Gasteiger partial charge in [0.25, 0.3) is 5.91 Å². The highest BCUT2D eigenvalue weighted by Gasteiger charge is 2.20. The number of carbonyl (C=O) groups is 1. The van der Waals surface area contributed by atoms with Crippen molar-refractivity contribution in [2.45, 2.75) is 6.42 Å². The molecule has 136 valence electrons. The monoisotopic (exact) mass is 364 g/mol. The molecule has 0 aliphatic carbocycles. The Morgan fingerprint density at radius 2 is 1.76 bits per heavy atom. The molecule has 2 aromatic rings. The molecule has 2 N–H and O–H groups in total. The number of rotatable bonds is 8. The standard InChI is InChI=1S/C19H24N2O3.ClH/c1-23-16-8-9-18(24-2)17(14-16)19(22)21(13-11-20)12-10-15-6-4-3-5-7-15;/h3-9,14H,10-13,20H2,1-2H3;1H. The minimum atomic E-state index is -0.105. The van der Waals surface area contributed by atoms with E-state index in [0.29, 0.717) is 36.7 Å². The Bertz CT molecular complexity index is 665. The van der Waals surface area contributed by atoms with Gasteiger partial charge in [-0.1, -0.05) is 30.3 Å². The average molecular weight is 365 g/mol. The molecule has 0 bridgehead atoms. The molecule has 0 heterocycles. The van der Waals surface area contributed by atoms with E-state index in [1.807, 2.05) is 18.2 Å². The Balaban J connectivity index is 0.00000312. The predicted molar refractivity (Wildman–Crippen MR) is 102 cm³/mol. The zero-order chi connectivity index (χ0) is 17.4. The number of carbonyl (C=O) groups excluding carboxylic acids is 1. The van der Waals surface area contributed by atoms with Crippen LogP contribution in [0.3, 0.4) is 0 Å². The van der Waals surface area contributed by atoms with Gasteiger partial charge in [0.1, 0.15) is 11.5 Å². The quantitative estimate of drug-likeness (QED) is 0.782. The van der Waals surface area contributed by atoms with Crippen molar-refractivity contribution >= 4 is 18.3 Å². The van der Waals surface area contributed by atoms with Gasteiger partial charge in [-0.3, -0.25) is 4.79 Å². The predicted octanol–water partition coefficient (Wildman–Crippen LogP) is 2.77. The zero-order valence-electron chi connectivity index (χ0n) is 14.6. The number of methoxy groups -OCH3 is 2. The van der Waals surface area contributed by atoms with Crippen molar-refractivity contribution in [2.24, 2.45) is 5.73 Å². The highest BCUT2D eigenvalue weighted by molar-refractivity contribution is 5.97. The zero-order valence-corrected chi connectivity index (χ0v) is 15.4. The van der Waals surface area contributed by atoms with Crippen LogP contribution in [0.1, 0.15) is 15.9 Å². The topological polar surface area (TPSA) is 64.8 Å². The first-order chi connectivity index (χ1) is 11.7. The van der Waals surface area contributed by atoms with E-state index in [0.717, 1.165) is 6.42 Å². The maximum absolute atomic E-state index is 12.9. The molecule has 0 spiro atoms. The van der Waals surface area contributed by atoms with Crippen LogP contribution in [-0.2, 0) is 6.42 Å². The third-order valence-corrected chi connectivity index (χ3v) is 3.84. The Kier molecular flexibility index (Phi) is 8.81. The minimum absolute atomic E-state index is 0. The van der Waals surface area contributed by atoms with Crippen molar-refractivity contribution in [1.29, 1.82) is 0 Å². The molecule has 2 aromatic carbocycles. The van der Waals surface area contributed by atoms with Crippen LogP contribution in [0.25, 0.3) is 0 Å². The normalized spacial score (nSPS) is 9.88. The number of hydrogen-bond donors (Lipinski definition) is 1. The molecule has 0 saturated carbocycles. The van der Waals surface area contributed by atoms with Crippen molar-refractivity contribution in [3.05, 3.63) is 59.7 Å². The smallest absolute Gasteiger partial charge is 0.257 e. The second-order valence-electron chi connectivity index (χ2n) is 5.38. The van der Waals surface area contributed by atoms with Gasteiger partial charge < -0.3 is 20.1 Å². The molecular weight excluding hydrogens is 340 g/mol. The lowest BCUT2D eigenvalue weighted by Crippen LogP contribution is -2.37. The molecule has 6 heteroatoms. The molecule has 1 amide bonds. The summed E-state index contributed by atoms with van der Waals surface area (Å²) in [6, 6.07) is 15.3. The van der Waals surface area contributed by atoms with Crippen LogP contribution >= 0.6 is 12.4 Å². The third kappa shape index (κ3) is 5.66. The van der Waals surface area contributed by atoms with Gasteiger partial charge in [-0.2, -0.15) is 0 Å². The summed E-state index contributed by atoms with van der Waals surface area (Å²) in [4.78, 5) is 14.7. The van der Waals surface area contributed by atoms with E-state index in [-0.39, 0.29) is 18.3 Å². The number of halogens is 1. The summed E-state index contributed by atoms with van der Waals surface area (Å²) >= 11 is 0. The fraction of sp³-hybridized carbons (Fsp3) is 0.316. The molecule has 5 nitrogen and oxygen atoms in total. The molecule has 0 unspecified atom stereocenters. The molecule has 2 rings (SSSR count). The summed E-state index contributed by atoms with van der Waals surface area (Å²) in [6.45, 7) is 1.50. The largest absolute Gasteiger partial charge is 0.497 e. The van der Waals surface area contributed by atoms with E-state index in [1.165, 1.54) is 5.56 Å². The molecule has 25 heavy (non-hydrogen) atoms. The number of amides is 1. The SMILES string of the molecule is COc1ccc(OC)c(C(=O)N(CCN)CCc2ccccc2)c1.Cl. The van der Waals surface area contributed by atoms with Crippen LogP contribution in [0.2, 0.25) is 0 Å². The maximum atomic E-state index is 12.9. The van der Waals surface area contributed by atoms with Gasteiger partial charge in [0.05, 0.1) is 19.8 Å². The van der Waals surface area contributed by atoms with Gasteiger partial charge in [-0.05, 0) is 30.2 Å². The van der Waals surface area contributed by atoms with Gasteiger partial charge >= 0.3 is 0 Å². The van der Waals surface area contributed by atoms with Gasteiger partial charge in [0.2, 0.25) is 0 Å². The average Bonchev–Trinajstić information content (AvgIpc) is 2.64. The van der Waals surface area contributed by atoms with E-state index in [1.54, 1.807) is 37.3 Å². The first-order valence-electron chi connectivity index (χ1n) is 7.95. The molecule has 0 aliphatic rings. The Hall–Kier alpha value is -2.24. The highest BCUT2D eigenvalue weighted by atomic mass is 35.5. The maximum Gasteiger partial charge on any atom is 0.257 e. The Morgan fingerprint density at radius 1 is 1.04 bits per heavy atom. The summed E-state index contributed by atoms with van der Waals surface area (Å²) in [5, 5.41) is 0. The fourth-order valence-electron chi connectivity index (χ4n) is 2.53. The summed E-state index contributed by atoms with van der Waals surface area (Å²) in [5.41, 5.74) is 7.36. The lowest BCUT2D eigenvalue weighted by atomic mass is 10.1.